The van der Waals surface area contributed by atoms with Gasteiger partial charge in [0.25, 0.3) is 0 Å². The van der Waals surface area contributed by atoms with Gasteiger partial charge in [0.05, 0.1) is 0 Å². The van der Waals surface area contributed by atoms with Gasteiger partial charge < -0.3 is 4.42 Å². The van der Waals surface area contributed by atoms with E-state index in [-0.39, 0.29) is 0 Å². The molecule has 0 aliphatic rings. The maximum atomic E-state index is 6.66. The maximum absolute atomic E-state index is 6.66. The molecule has 9 aromatic rings. The van der Waals surface area contributed by atoms with Crippen molar-refractivity contribution in [2.24, 2.45) is 0 Å². The largest absolute Gasteiger partial charge is 0.455 e. The van der Waals surface area contributed by atoms with Crippen molar-refractivity contribution in [2.45, 2.75) is 0 Å². The Morgan fingerprint density at radius 1 is 0.289 bits per heavy atom. The van der Waals surface area contributed by atoms with E-state index in [0.29, 0.717) is 0 Å². The fraction of sp³-hybridized carbons (Fsp3) is 0. The van der Waals surface area contributed by atoms with Gasteiger partial charge in [0.1, 0.15) is 11.2 Å². The lowest BCUT2D eigenvalue weighted by molar-refractivity contribution is 0.670. The van der Waals surface area contributed by atoms with Crippen LogP contribution in [0, 0.1) is 0 Å². The number of furan rings is 1. The normalized spacial score (nSPS) is 11.6. The lowest BCUT2D eigenvalue weighted by Crippen LogP contribution is -1.91. The van der Waals surface area contributed by atoms with Crippen LogP contribution >= 0.6 is 0 Å². The first-order chi connectivity index (χ1) is 22.3. The van der Waals surface area contributed by atoms with Crippen LogP contribution in [0.3, 0.4) is 0 Å². The zero-order chi connectivity index (χ0) is 29.7. The minimum atomic E-state index is 0.902. The molecule has 1 aromatic heterocycles. The molecule has 0 amide bonds. The van der Waals surface area contributed by atoms with Gasteiger partial charge in [0, 0.05) is 16.3 Å². The van der Waals surface area contributed by atoms with Gasteiger partial charge >= 0.3 is 0 Å². The monoisotopic (exact) mass is 572 g/mol. The maximum Gasteiger partial charge on any atom is 0.143 e. The van der Waals surface area contributed by atoms with E-state index in [0.717, 1.165) is 38.6 Å². The van der Waals surface area contributed by atoms with Crippen LogP contribution in [-0.2, 0) is 0 Å². The van der Waals surface area contributed by atoms with Crippen molar-refractivity contribution in [1.82, 2.24) is 0 Å². The molecule has 9 rings (SSSR count). The van der Waals surface area contributed by atoms with Crippen molar-refractivity contribution in [3.8, 4) is 44.5 Å². The van der Waals surface area contributed by atoms with Crippen LogP contribution in [0.25, 0.3) is 88.0 Å². The highest BCUT2D eigenvalue weighted by atomic mass is 16.3. The molecule has 0 aliphatic heterocycles. The van der Waals surface area contributed by atoms with Gasteiger partial charge in [-0.2, -0.15) is 0 Å². The Bertz CT molecular complexity index is 2450. The molecular weight excluding hydrogens is 544 g/mol. The van der Waals surface area contributed by atoms with Crippen LogP contribution in [0.1, 0.15) is 0 Å². The summed E-state index contributed by atoms with van der Waals surface area (Å²) in [7, 11) is 0. The molecule has 0 spiro atoms. The quantitative estimate of drug-likeness (QED) is 0.191. The number of para-hydroxylation sites is 1. The highest BCUT2D eigenvalue weighted by molar-refractivity contribution is 6.22. The molecule has 210 valence electrons. The van der Waals surface area contributed by atoms with E-state index in [1.54, 1.807) is 0 Å². The summed E-state index contributed by atoms with van der Waals surface area (Å²) in [4.78, 5) is 0. The van der Waals surface area contributed by atoms with Crippen molar-refractivity contribution in [3.63, 3.8) is 0 Å². The average molecular weight is 573 g/mol. The van der Waals surface area contributed by atoms with E-state index in [9.17, 15) is 0 Å². The molecule has 0 N–H and O–H groups in total. The van der Waals surface area contributed by atoms with Crippen LogP contribution in [0.2, 0.25) is 0 Å². The van der Waals surface area contributed by atoms with E-state index in [1.165, 1.54) is 49.4 Å². The second-order valence-electron chi connectivity index (χ2n) is 11.6. The first-order valence-electron chi connectivity index (χ1n) is 15.4. The summed E-state index contributed by atoms with van der Waals surface area (Å²) in [6, 6.07) is 60.8. The van der Waals surface area contributed by atoms with Gasteiger partial charge in [-0.15, -0.1) is 0 Å². The van der Waals surface area contributed by atoms with Crippen molar-refractivity contribution in [2.75, 3.05) is 0 Å². The Hall–Kier alpha value is -5.92. The molecule has 0 aliphatic carbocycles. The lowest BCUT2D eigenvalue weighted by Gasteiger charge is -2.18. The van der Waals surface area contributed by atoms with Crippen LogP contribution in [0.4, 0.5) is 0 Å². The van der Waals surface area contributed by atoms with Crippen molar-refractivity contribution < 1.29 is 4.42 Å². The Morgan fingerprint density at radius 3 is 1.38 bits per heavy atom. The van der Waals surface area contributed by atoms with Gasteiger partial charge in [0.15, 0.2) is 0 Å². The predicted octanol–water partition coefficient (Wildman–Crippen LogP) is 12.6. The summed E-state index contributed by atoms with van der Waals surface area (Å²) in [6.07, 6.45) is 0. The SMILES string of the molecule is c1ccc(-c2ccc(-c3c4ccccc4c(-c4ccc5c(c4)oc4c(-c6ccccc6)cccc45)c4ccccc34)cc2)cc1. The summed E-state index contributed by atoms with van der Waals surface area (Å²) in [5.74, 6) is 0. The number of benzene rings is 8. The van der Waals surface area contributed by atoms with Crippen LogP contribution in [-0.4, -0.2) is 0 Å². The lowest BCUT2D eigenvalue weighted by atomic mass is 9.85. The molecule has 8 aromatic carbocycles. The summed E-state index contributed by atoms with van der Waals surface area (Å²) >= 11 is 0. The highest BCUT2D eigenvalue weighted by Gasteiger charge is 2.18. The van der Waals surface area contributed by atoms with E-state index in [2.05, 4.69) is 164 Å². The fourth-order valence-electron chi connectivity index (χ4n) is 7.01. The second-order valence-corrected chi connectivity index (χ2v) is 11.6. The number of fused-ring (bicyclic) bond motifs is 5. The molecule has 0 radical (unpaired) electrons. The third-order valence-electron chi connectivity index (χ3n) is 9.08. The van der Waals surface area contributed by atoms with Crippen LogP contribution in [0.5, 0.6) is 0 Å². The highest BCUT2D eigenvalue weighted by Crippen LogP contribution is 2.45. The van der Waals surface area contributed by atoms with Gasteiger partial charge in [-0.05, 0) is 72.6 Å². The average Bonchev–Trinajstić information content (AvgIpc) is 3.49. The van der Waals surface area contributed by atoms with Crippen molar-refractivity contribution in [3.05, 3.63) is 170 Å². The molecule has 0 unspecified atom stereocenters. The molecule has 1 nitrogen and oxygen atoms in total. The molecular formula is C44H28O. The topological polar surface area (TPSA) is 13.1 Å². The number of rotatable bonds is 4. The van der Waals surface area contributed by atoms with E-state index < -0.39 is 0 Å². The second kappa shape index (κ2) is 10.4. The molecule has 0 atom stereocenters. The van der Waals surface area contributed by atoms with Crippen molar-refractivity contribution >= 4 is 43.5 Å². The first-order valence-corrected chi connectivity index (χ1v) is 15.4. The van der Waals surface area contributed by atoms with Gasteiger partial charge in [-0.3, -0.25) is 0 Å². The summed E-state index contributed by atoms with van der Waals surface area (Å²) < 4.78 is 6.66. The summed E-state index contributed by atoms with van der Waals surface area (Å²) in [6.45, 7) is 0. The molecule has 0 fully saturated rings. The minimum Gasteiger partial charge on any atom is -0.455 e. The zero-order valence-corrected chi connectivity index (χ0v) is 24.6. The number of hydrogen-bond donors (Lipinski definition) is 0. The van der Waals surface area contributed by atoms with E-state index >= 15 is 0 Å². The molecule has 1 heteroatoms. The summed E-state index contributed by atoms with van der Waals surface area (Å²) in [5.41, 5.74) is 11.4. The summed E-state index contributed by atoms with van der Waals surface area (Å²) in [5, 5.41) is 7.24. The Balaban J connectivity index is 1.26. The van der Waals surface area contributed by atoms with Gasteiger partial charge in [-0.25, -0.2) is 0 Å². The van der Waals surface area contributed by atoms with Crippen molar-refractivity contribution in [1.29, 1.82) is 0 Å². The Labute approximate surface area is 261 Å². The van der Waals surface area contributed by atoms with Gasteiger partial charge in [0.2, 0.25) is 0 Å². The predicted molar refractivity (Wildman–Crippen MR) is 190 cm³/mol. The van der Waals surface area contributed by atoms with Crippen LogP contribution < -0.4 is 0 Å². The molecule has 0 bridgehead atoms. The smallest absolute Gasteiger partial charge is 0.143 e. The fourth-order valence-corrected chi connectivity index (χ4v) is 7.01. The van der Waals surface area contributed by atoms with Crippen LogP contribution in [0.15, 0.2) is 174 Å². The molecule has 0 saturated carbocycles. The van der Waals surface area contributed by atoms with E-state index in [4.69, 9.17) is 4.42 Å². The zero-order valence-electron chi connectivity index (χ0n) is 24.6. The van der Waals surface area contributed by atoms with Gasteiger partial charge in [-0.1, -0.05) is 158 Å². The Kier molecular flexibility index (Phi) is 5.89. The third kappa shape index (κ3) is 4.17. The molecule has 45 heavy (non-hydrogen) atoms. The first kappa shape index (κ1) is 25.6. The minimum absolute atomic E-state index is 0.902. The molecule has 0 saturated heterocycles. The Morgan fingerprint density at radius 2 is 0.756 bits per heavy atom. The molecule has 1 heterocycles. The third-order valence-corrected chi connectivity index (χ3v) is 9.08. The number of hydrogen-bond acceptors (Lipinski definition) is 1. The standard InChI is InChI=1S/C44H28O/c1-3-12-29(13-4-1)30-22-24-32(25-23-30)42-36-16-7-9-18-38(36)43(39-19-10-8-17-37(39)42)33-26-27-35-40-21-11-20-34(31-14-5-2-6-15-31)44(40)45-41(35)28-33/h1-28H. The van der Waals surface area contributed by atoms with E-state index in [1.807, 2.05) is 6.07 Å².